The Kier molecular flexibility index (Phi) is 5.16. The second kappa shape index (κ2) is 7.74. The molecule has 9 nitrogen and oxygen atoms in total. The van der Waals surface area contributed by atoms with Crippen LogP contribution in [0.4, 0.5) is 17.5 Å². The topological polar surface area (TPSA) is 132 Å². The number of aromatic nitrogens is 3. The van der Waals surface area contributed by atoms with Gasteiger partial charge in [0.05, 0.1) is 16.9 Å². The predicted octanol–water partition coefficient (Wildman–Crippen LogP) is 1.94. The van der Waals surface area contributed by atoms with E-state index in [4.69, 9.17) is 5.11 Å². The Hall–Kier alpha value is -2.69. The van der Waals surface area contributed by atoms with Gasteiger partial charge >= 0.3 is 0 Å². The van der Waals surface area contributed by atoms with Crippen molar-refractivity contribution < 1.29 is 13.5 Å². The second-order valence-electron chi connectivity index (χ2n) is 6.68. The summed E-state index contributed by atoms with van der Waals surface area (Å²) in [6, 6.07) is 8.66. The van der Waals surface area contributed by atoms with Gasteiger partial charge in [-0.25, -0.2) is 13.1 Å². The first-order valence-corrected chi connectivity index (χ1v) is 10.6. The molecule has 0 bridgehead atoms. The monoisotopic (exact) mass is 402 g/mol. The molecular weight excluding hydrogens is 380 g/mol. The first kappa shape index (κ1) is 18.7. The predicted molar refractivity (Wildman–Crippen MR) is 107 cm³/mol. The fourth-order valence-corrected chi connectivity index (χ4v) is 3.98. The van der Waals surface area contributed by atoms with Crippen LogP contribution in [0.2, 0.25) is 0 Å². The molecule has 0 aliphatic heterocycles. The van der Waals surface area contributed by atoms with Gasteiger partial charge in [-0.05, 0) is 49.6 Å². The number of aromatic amines is 1. The van der Waals surface area contributed by atoms with Crippen LogP contribution in [0.3, 0.4) is 0 Å². The van der Waals surface area contributed by atoms with Crippen LogP contribution in [0.25, 0.3) is 11.0 Å². The third-order valence-corrected chi connectivity index (χ3v) is 6.16. The molecule has 1 aliphatic rings. The van der Waals surface area contributed by atoms with Gasteiger partial charge in [0, 0.05) is 24.5 Å². The minimum atomic E-state index is -3.63. The molecular formula is C18H22N6O3S. The van der Waals surface area contributed by atoms with E-state index in [-0.39, 0.29) is 18.0 Å². The van der Waals surface area contributed by atoms with Crippen molar-refractivity contribution in [1.29, 1.82) is 0 Å². The maximum absolute atomic E-state index is 12.1. The highest BCUT2D eigenvalue weighted by Gasteiger charge is 2.19. The second-order valence-corrected chi connectivity index (χ2v) is 8.45. The standard InChI is InChI=1S/C18H22N6O3S/c25-11-10-20-28(26,27)14-6-4-13(5-7-14)22-18-23-16-15(8-9-19-16)17(24-18)21-12-2-1-3-12/h4-9,12,20,25H,1-3,10-11H2,(H3,19,21,22,23,24). The molecule has 2 heterocycles. The normalized spacial score (nSPS) is 14.8. The molecule has 0 atom stereocenters. The zero-order chi connectivity index (χ0) is 19.6. The van der Waals surface area contributed by atoms with Crippen LogP contribution in [-0.4, -0.2) is 47.7 Å². The summed E-state index contributed by atoms with van der Waals surface area (Å²) in [6.07, 6.45) is 5.33. The maximum atomic E-state index is 12.1. The minimum Gasteiger partial charge on any atom is -0.395 e. The van der Waals surface area contributed by atoms with E-state index in [2.05, 4.69) is 30.3 Å². The number of nitrogens with zero attached hydrogens (tertiary/aromatic N) is 2. The van der Waals surface area contributed by atoms with E-state index in [1.165, 1.54) is 18.6 Å². The summed E-state index contributed by atoms with van der Waals surface area (Å²) in [5.74, 6) is 1.21. The highest BCUT2D eigenvalue weighted by atomic mass is 32.2. The van der Waals surface area contributed by atoms with E-state index in [0.717, 1.165) is 29.7 Å². The molecule has 2 aromatic heterocycles. The summed E-state index contributed by atoms with van der Waals surface area (Å²) < 4.78 is 26.5. The van der Waals surface area contributed by atoms with Crippen LogP contribution in [0.1, 0.15) is 19.3 Å². The Bertz CT molecular complexity index is 1060. The number of rotatable bonds is 8. The molecule has 10 heteroatoms. The Morgan fingerprint density at radius 2 is 1.93 bits per heavy atom. The highest BCUT2D eigenvalue weighted by molar-refractivity contribution is 7.89. The fourth-order valence-electron chi connectivity index (χ4n) is 2.96. The lowest BCUT2D eigenvalue weighted by Crippen LogP contribution is -2.27. The molecule has 4 rings (SSSR count). The molecule has 0 amide bonds. The summed E-state index contributed by atoms with van der Waals surface area (Å²) in [5.41, 5.74) is 1.40. The lowest BCUT2D eigenvalue weighted by Gasteiger charge is -2.27. The van der Waals surface area contributed by atoms with E-state index >= 15 is 0 Å². The Morgan fingerprint density at radius 1 is 1.14 bits per heavy atom. The number of benzene rings is 1. The van der Waals surface area contributed by atoms with E-state index in [1.54, 1.807) is 12.1 Å². The van der Waals surface area contributed by atoms with Crippen molar-refractivity contribution in [2.24, 2.45) is 0 Å². The zero-order valence-electron chi connectivity index (χ0n) is 15.1. The smallest absolute Gasteiger partial charge is 0.240 e. The number of nitrogens with one attached hydrogen (secondary N) is 4. The van der Waals surface area contributed by atoms with E-state index in [0.29, 0.717) is 17.7 Å². The number of fused-ring (bicyclic) bond motifs is 1. The molecule has 0 spiro atoms. The van der Waals surface area contributed by atoms with Gasteiger partial charge in [0.2, 0.25) is 16.0 Å². The molecule has 1 aliphatic carbocycles. The van der Waals surface area contributed by atoms with Gasteiger partial charge in [-0.2, -0.15) is 9.97 Å². The summed E-state index contributed by atoms with van der Waals surface area (Å²) in [4.78, 5) is 12.3. The van der Waals surface area contributed by atoms with Gasteiger partial charge in [-0.1, -0.05) is 0 Å². The largest absolute Gasteiger partial charge is 0.395 e. The summed E-state index contributed by atoms with van der Waals surface area (Å²) >= 11 is 0. The van der Waals surface area contributed by atoms with Crippen molar-refractivity contribution in [2.75, 3.05) is 23.8 Å². The zero-order valence-corrected chi connectivity index (χ0v) is 16.0. The first-order valence-electron chi connectivity index (χ1n) is 9.14. The van der Waals surface area contributed by atoms with Crippen molar-refractivity contribution in [3.8, 4) is 0 Å². The van der Waals surface area contributed by atoms with Crippen molar-refractivity contribution >= 4 is 38.5 Å². The number of sulfonamides is 1. The lowest BCUT2D eigenvalue weighted by atomic mass is 9.93. The average molecular weight is 402 g/mol. The minimum absolute atomic E-state index is 0.0247. The average Bonchev–Trinajstić information content (AvgIpc) is 3.12. The maximum Gasteiger partial charge on any atom is 0.240 e. The van der Waals surface area contributed by atoms with Gasteiger partial charge in [0.15, 0.2) is 0 Å². The van der Waals surface area contributed by atoms with Gasteiger partial charge < -0.3 is 20.7 Å². The van der Waals surface area contributed by atoms with Crippen LogP contribution in [0.5, 0.6) is 0 Å². The Labute approximate surface area is 162 Å². The number of hydrogen-bond acceptors (Lipinski definition) is 7. The number of aliphatic hydroxyl groups excluding tert-OH is 1. The molecule has 28 heavy (non-hydrogen) atoms. The lowest BCUT2D eigenvalue weighted by molar-refractivity contribution is 0.301. The van der Waals surface area contributed by atoms with Gasteiger partial charge in [0.1, 0.15) is 11.5 Å². The van der Waals surface area contributed by atoms with Crippen LogP contribution in [0, 0.1) is 0 Å². The van der Waals surface area contributed by atoms with Crippen LogP contribution in [0.15, 0.2) is 41.4 Å². The molecule has 0 radical (unpaired) electrons. The first-order chi connectivity index (χ1) is 13.5. The number of hydrogen-bond donors (Lipinski definition) is 5. The summed E-state index contributed by atoms with van der Waals surface area (Å²) in [5, 5.41) is 16.3. The molecule has 3 aromatic rings. The summed E-state index contributed by atoms with van der Waals surface area (Å²) in [7, 11) is -3.63. The Balaban J connectivity index is 1.54. The summed E-state index contributed by atoms with van der Waals surface area (Å²) in [6.45, 7) is -0.280. The molecule has 0 unspecified atom stereocenters. The third-order valence-electron chi connectivity index (χ3n) is 4.69. The van der Waals surface area contributed by atoms with Crippen molar-refractivity contribution in [1.82, 2.24) is 19.7 Å². The quantitative estimate of drug-likeness (QED) is 0.389. The van der Waals surface area contributed by atoms with Crippen LogP contribution in [-0.2, 0) is 10.0 Å². The SMILES string of the molecule is O=S(=O)(NCCO)c1ccc(Nc2nc(NC3CCC3)c3cc[nH]c3n2)cc1. The van der Waals surface area contributed by atoms with Gasteiger partial charge in [0.25, 0.3) is 0 Å². The highest BCUT2D eigenvalue weighted by Crippen LogP contribution is 2.28. The molecule has 0 saturated heterocycles. The molecule has 1 aromatic carbocycles. The Morgan fingerprint density at radius 3 is 2.61 bits per heavy atom. The van der Waals surface area contributed by atoms with Gasteiger partial charge in [-0.3, -0.25) is 0 Å². The molecule has 5 N–H and O–H groups in total. The van der Waals surface area contributed by atoms with Crippen molar-refractivity contribution in [3.05, 3.63) is 36.5 Å². The van der Waals surface area contributed by atoms with Crippen molar-refractivity contribution in [2.45, 2.75) is 30.2 Å². The third kappa shape index (κ3) is 3.93. The number of aliphatic hydroxyl groups is 1. The van der Waals surface area contributed by atoms with Crippen LogP contribution < -0.4 is 15.4 Å². The fraction of sp³-hybridized carbons (Fsp3) is 0.333. The van der Waals surface area contributed by atoms with E-state index < -0.39 is 10.0 Å². The number of H-pyrrole nitrogens is 1. The van der Waals surface area contributed by atoms with Crippen LogP contribution >= 0.6 is 0 Å². The number of anilines is 3. The van der Waals surface area contributed by atoms with E-state index in [9.17, 15) is 8.42 Å². The van der Waals surface area contributed by atoms with E-state index in [1.807, 2.05) is 12.3 Å². The molecule has 148 valence electrons. The molecule has 1 fully saturated rings. The van der Waals surface area contributed by atoms with Gasteiger partial charge in [-0.15, -0.1) is 0 Å². The molecule has 1 saturated carbocycles. The van der Waals surface area contributed by atoms with Crippen molar-refractivity contribution in [3.63, 3.8) is 0 Å².